The van der Waals surface area contributed by atoms with Crippen molar-refractivity contribution < 1.29 is 9.53 Å². The average Bonchev–Trinajstić information content (AvgIpc) is 2.86. The number of hydrogen-bond acceptors (Lipinski definition) is 3. The molecule has 7 heteroatoms. The summed E-state index contributed by atoms with van der Waals surface area (Å²) in [6.07, 6.45) is 1.43. The van der Waals surface area contributed by atoms with Crippen LogP contribution in [0.2, 0.25) is 5.02 Å². The van der Waals surface area contributed by atoms with Gasteiger partial charge in [-0.1, -0.05) is 23.7 Å². The van der Waals surface area contributed by atoms with Crippen LogP contribution in [-0.4, -0.2) is 29.0 Å². The third kappa shape index (κ3) is 3.55. The van der Waals surface area contributed by atoms with Gasteiger partial charge >= 0.3 is 6.03 Å². The minimum Gasteiger partial charge on any atom is -0.381 e. The summed E-state index contributed by atoms with van der Waals surface area (Å²) in [5, 5.41) is 10.9. The second kappa shape index (κ2) is 6.83. The van der Waals surface area contributed by atoms with Gasteiger partial charge in [0.25, 0.3) is 0 Å². The van der Waals surface area contributed by atoms with Gasteiger partial charge in [-0.25, -0.2) is 4.79 Å². The highest BCUT2D eigenvalue weighted by atomic mass is 35.5. The van der Waals surface area contributed by atoms with E-state index in [9.17, 15) is 4.79 Å². The zero-order valence-corrected chi connectivity index (χ0v) is 14.6. The Labute approximate surface area is 146 Å². The first kappa shape index (κ1) is 16.8. The lowest BCUT2D eigenvalue weighted by Crippen LogP contribution is -2.51. The Hall–Kier alpha value is -2.05. The average molecular weight is 349 g/mol. The van der Waals surface area contributed by atoms with Gasteiger partial charge in [-0.2, -0.15) is 5.10 Å². The van der Waals surface area contributed by atoms with Gasteiger partial charge in [0, 0.05) is 31.4 Å². The highest BCUT2D eigenvalue weighted by Crippen LogP contribution is 2.33. The fourth-order valence-electron chi connectivity index (χ4n) is 3.07. The molecule has 1 saturated heterocycles. The van der Waals surface area contributed by atoms with E-state index in [2.05, 4.69) is 15.7 Å². The van der Waals surface area contributed by atoms with Gasteiger partial charge in [-0.3, -0.25) is 10.00 Å². The number of aryl methyl sites for hydroxylation is 2. The summed E-state index contributed by atoms with van der Waals surface area (Å²) in [4.78, 5) is 12.6. The molecule has 0 atom stereocenters. The van der Waals surface area contributed by atoms with E-state index in [0.29, 0.717) is 36.9 Å². The van der Waals surface area contributed by atoms with Crippen molar-refractivity contribution in [2.45, 2.75) is 25.3 Å². The molecule has 6 nitrogen and oxygen atoms in total. The van der Waals surface area contributed by atoms with Crippen LogP contribution in [0.5, 0.6) is 0 Å². The molecule has 128 valence electrons. The van der Waals surface area contributed by atoms with E-state index in [4.69, 9.17) is 16.3 Å². The van der Waals surface area contributed by atoms with E-state index in [0.717, 1.165) is 11.3 Å². The zero-order chi connectivity index (χ0) is 17.2. The Kier molecular flexibility index (Phi) is 4.78. The van der Waals surface area contributed by atoms with Crippen molar-refractivity contribution in [2.24, 2.45) is 7.05 Å². The predicted octanol–water partition coefficient (Wildman–Crippen LogP) is 3.21. The summed E-state index contributed by atoms with van der Waals surface area (Å²) >= 11 is 5.99. The van der Waals surface area contributed by atoms with Crippen molar-refractivity contribution in [1.29, 1.82) is 0 Å². The number of benzene rings is 1. The molecule has 1 fully saturated rings. The lowest BCUT2D eigenvalue weighted by atomic mass is 9.83. The topological polar surface area (TPSA) is 68.2 Å². The molecule has 0 unspecified atom stereocenters. The number of halogens is 1. The van der Waals surface area contributed by atoms with Gasteiger partial charge in [0.15, 0.2) is 0 Å². The second-order valence-electron chi connectivity index (χ2n) is 6.08. The maximum absolute atomic E-state index is 12.6. The Morgan fingerprint density at radius 3 is 2.54 bits per heavy atom. The van der Waals surface area contributed by atoms with E-state index in [1.807, 2.05) is 37.3 Å². The Morgan fingerprint density at radius 1 is 1.29 bits per heavy atom. The monoisotopic (exact) mass is 348 g/mol. The third-order valence-corrected chi connectivity index (χ3v) is 4.59. The molecule has 1 aromatic carbocycles. The molecule has 2 amide bonds. The van der Waals surface area contributed by atoms with Crippen LogP contribution in [0, 0.1) is 6.92 Å². The van der Waals surface area contributed by atoms with Crippen molar-refractivity contribution in [3.8, 4) is 0 Å². The maximum atomic E-state index is 12.6. The van der Waals surface area contributed by atoms with E-state index in [1.165, 1.54) is 0 Å². The summed E-state index contributed by atoms with van der Waals surface area (Å²) in [7, 11) is 1.80. The summed E-state index contributed by atoms with van der Waals surface area (Å²) in [6.45, 7) is 3.10. The molecule has 24 heavy (non-hydrogen) atoms. The molecule has 2 heterocycles. The third-order valence-electron chi connectivity index (χ3n) is 4.34. The lowest BCUT2D eigenvalue weighted by molar-refractivity contribution is 0.0418. The first-order valence-corrected chi connectivity index (χ1v) is 8.30. The number of anilines is 1. The number of hydrogen-bond donors (Lipinski definition) is 2. The van der Waals surface area contributed by atoms with Crippen LogP contribution in [0.4, 0.5) is 10.6 Å². The smallest absolute Gasteiger partial charge is 0.321 e. The number of urea groups is 1. The number of ether oxygens (including phenoxy) is 1. The molecule has 2 aromatic rings. The van der Waals surface area contributed by atoms with E-state index in [-0.39, 0.29) is 6.03 Å². The predicted molar refractivity (Wildman–Crippen MR) is 93.3 cm³/mol. The second-order valence-corrected chi connectivity index (χ2v) is 6.51. The Balaban J connectivity index is 1.80. The molecule has 2 N–H and O–H groups in total. The number of nitrogens with one attached hydrogen (secondary N) is 2. The van der Waals surface area contributed by atoms with Crippen molar-refractivity contribution in [3.05, 3.63) is 46.6 Å². The molecule has 0 saturated carbocycles. The van der Waals surface area contributed by atoms with Gasteiger partial charge in [0.05, 0.1) is 11.2 Å². The van der Waals surface area contributed by atoms with Crippen LogP contribution in [0.25, 0.3) is 0 Å². The van der Waals surface area contributed by atoms with Crippen molar-refractivity contribution >= 4 is 23.4 Å². The highest BCUT2D eigenvalue weighted by Gasteiger charge is 2.36. The fourth-order valence-corrected chi connectivity index (χ4v) is 3.19. The number of rotatable bonds is 3. The van der Waals surface area contributed by atoms with Crippen molar-refractivity contribution in [1.82, 2.24) is 15.1 Å². The Bertz CT molecular complexity index is 721. The summed E-state index contributed by atoms with van der Waals surface area (Å²) in [5.74, 6) is 0.656. The molecule has 0 radical (unpaired) electrons. The number of carbonyl (C=O) groups excluding carboxylic acids is 1. The van der Waals surface area contributed by atoms with Gasteiger partial charge < -0.3 is 10.1 Å². The molecular weight excluding hydrogens is 328 g/mol. The maximum Gasteiger partial charge on any atom is 0.321 e. The van der Waals surface area contributed by atoms with Crippen LogP contribution < -0.4 is 10.6 Å². The molecule has 1 aliphatic rings. The molecule has 0 aliphatic carbocycles. The normalized spacial score (nSPS) is 16.6. The molecular formula is C17H21ClN4O2. The largest absolute Gasteiger partial charge is 0.381 e. The van der Waals surface area contributed by atoms with Gasteiger partial charge in [0.2, 0.25) is 0 Å². The number of carbonyl (C=O) groups is 1. The molecule has 1 aromatic heterocycles. The SMILES string of the molecule is Cc1cc(NC(=O)NC2(c3ccc(Cl)cc3)CCOCC2)n(C)n1. The van der Waals surface area contributed by atoms with Crippen LogP contribution in [0.1, 0.15) is 24.1 Å². The molecule has 3 rings (SSSR count). The lowest BCUT2D eigenvalue weighted by Gasteiger charge is -2.38. The number of amides is 2. The van der Waals surface area contributed by atoms with Crippen LogP contribution in [-0.2, 0) is 17.3 Å². The first-order chi connectivity index (χ1) is 11.5. The van der Waals surface area contributed by atoms with E-state index >= 15 is 0 Å². The van der Waals surface area contributed by atoms with Crippen LogP contribution in [0.15, 0.2) is 30.3 Å². The summed E-state index contributed by atoms with van der Waals surface area (Å²) in [5.41, 5.74) is 1.43. The molecule has 0 bridgehead atoms. The van der Waals surface area contributed by atoms with Gasteiger partial charge in [-0.15, -0.1) is 0 Å². The van der Waals surface area contributed by atoms with E-state index in [1.54, 1.807) is 11.7 Å². The minimum atomic E-state index is -0.458. The van der Waals surface area contributed by atoms with E-state index < -0.39 is 5.54 Å². The van der Waals surface area contributed by atoms with Crippen LogP contribution in [0.3, 0.4) is 0 Å². The standard InChI is InChI=1S/C17H21ClN4O2/c1-12-11-15(22(2)21-12)19-16(23)20-17(7-9-24-10-8-17)13-3-5-14(18)6-4-13/h3-6,11H,7-10H2,1-2H3,(H2,19,20,23). The number of nitrogens with zero attached hydrogens (tertiary/aromatic N) is 2. The van der Waals surface area contributed by atoms with Crippen molar-refractivity contribution in [2.75, 3.05) is 18.5 Å². The minimum absolute atomic E-state index is 0.255. The fraction of sp³-hybridized carbons (Fsp3) is 0.412. The number of aromatic nitrogens is 2. The molecule has 1 aliphatic heterocycles. The highest BCUT2D eigenvalue weighted by molar-refractivity contribution is 6.30. The Morgan fingerprint density at radius 2 is 1.96 bits per heavy atom. The van der Waals surface area contributed by atoms with Gasteiger partial charge in [0.1, 0.15) is 5.82 Å². The van der Waals surface area contributed by atoms with Crippen molar-refractivity contribution in [3.63, 3.8) is 0 Å². The zero-order valence-electron chi connectivity index (χ0n) is 13.8. The summed E-state index contributed by atoms with van der Waals surface area (Å²) in [6, 6.07) is 9.19. The van der Waals surface area contributed by atoms with Gasteiger partial charge in [-0.05, 0) is 37.5 Å². The quantitative estimate of drug-likeness (QED) is 0.895. The van der Waals surface area contributed by atoms with Crippen LogP contribution >= 0.6 is 11.6 Å². The molecule has 0 spiro atoms. The first-order valence-electron chi connectivity index (χ1n) is 7.92. The summed E-state index contributed by atoms with van der Waals surface area (Å²) < 4.78 is 7.13.